The molecule has 0 radical (unpaired) electrons. The van der Waals surface area contributed by atoms with E-state index >= 15 is 0 Å². The van der Waals surface area contributed by atoms with Crippen LogP contribution < -0.4 is 20.3 Å². The number of hydrogen-bond donors (Lipinski definition) is 2. The highest BCUT2D eigenvalue weighted by Gasteiger charge is 2.10. The Kier molecular flexibility index (Phi) is 5.79. The number of para-hydroxylation sites is 4. The number of nitrogens with one attached hydrogen (secondary N) is 2. The summed E-state index contributed by atoms with van der Waals surface area (Å²) in [7, 11) is 1.52. The lowest BCUT2D eigenvalue weighted by atomic mass is 10.2. The third-order valence-corrected chi connectivity index (χ3v) is 4.60. The number of nitrogens with zero attached hydrogens (tertiary/aromatic N) is 2. The van der Waals surface area contributed by atoms with Gasteiger partial charge >= 0.3 is 0 Å². The van der Waals surface area contributed by atoms with Gasteiger partial charge in [0.2, 0.25) is 0 Å². The van der Waals surface area contributed by atoms with E-state index in [4.69, 9.17) is 9.47 Å². The van der Waals surface area contributed by atoms with Gasteiger partial charge in [0.1, 0.15) is 6.33 Å². The quantitative estimate of drug-likeness (QED) is 0.472. The Morgan fingerprint density at radius 3 is 2.39 bits per heavy atom. The van der Waals surface area contributed by atoms with E-state index < -0.39 is 11.8 Å². The first-order chi connectivity index (χ1) is 15.2. The molecule has 0 spiro atoms. The third-order valence-electron chi connectivity index (χ3n) is 4.60. The molecule has 2 N–H and O–H groups in total. The molecule has 1 heterocycles. The van der Waals surface area contributed by atoms with Gasteiger partial charge in [-0.15, -0.1) is 0 Å². The molecule has 0 atom stereocenters. The van der Waals surface area contributed by atoms with Crippen LogP contribution in [0.5, 0.6) is 11.5 Å². The Balaban J connectivity index is 1.33. The predicted octanol–water partition coefficient (Wildman–Crippen LogP) is 2.87. The standard InChI is InChI=1S/C23H20N4O4/c1-30-20-8-4-5-9-21(20)31-14-22(28)25-26-23(29)16-10-12-17(13-11-16)27-15-24-18-6-2-3-7-19(18)27/h2-13,15H,14H2,1H3,(H,25,28)(H,26,29). The summed E-state index contributed by atoms with van der Waals surface area (Å²) in [5, 5.41) is 0. The minimum absolute atomic E-state index is 0.271. The Labute approximate surface area is 178 Å². The van der Waals surface area contributed by atoms with Gasteiger partial charge in [0.05, 0.1) is 18.1 Å². The number of methoxy groups -OCH3 is 1. The molecule has 156 valence electrons. The largest absolute Gasteiger partial charge is 0.493 e. The van der Waals surface area contributed by atoms with Crippen LogP contribution in [0.4, 0.5) is 0 Å². The lowest BCUT2D eigenvalue weighted by Gasteiger charge is -2.11. The van der Waals surface area contributed by atoms with Crippen molar-refractivity contribution in [1.29, 1.82) is 0 Å². The normalized spacial score (nSPS) is 10.5. The zero-order valence-corrected chi connectivity index (χ0v) is 16.7. The monoisotopic (exact) mass is 416 g/mol. The number of rotatable bonds is 6. The summed E-state index contributed by atoms with van der Waals surface area (Å²) >= 11 is 0. The van der Waals surface area contributed by atoms with E-state index in [0.717, 1.165) is 16.7 Å². The molecule has 0 unspecified atom stereocenters. The molecular weight excluding hydrogens is 396 g/mol. The van der Waals surface area contributed by atoms with Crippen LogP contribution in [0.3, 0.4) is 0 Å². The van der Waals surface area contributed by atoms with Crippen molar-refractivity contribution in [3.05, 3.63) is 84.7 Å². The van der Waals surface area contributed by atoms with Crippen molar-refractivity contribution in [1.82, 2.24) is 20.4 Å². The molecule has 4 rings (SSSR count). The number of carbonyl (C=O) groups is 2. The molecule has 1 aromatic heterocycles. The van der Waals surface area contributed by atoms with Gasteiger partial charge in [0.25, 0.3) is 11.8 Å². The summed E-state index contributed by atoms with van der Waals surface area (Å²) in [5.41, 5.74) is 7.86. The van der Waals surface area contributed by atoms with Crippen LogP contribution in [0.15, 0.2) is 79.1 Å². The van der Waals surface area contributed by atoms with Crippen molar-refractivity contribution in [2.45, 2.75) is 0 Å². The number of ether oxygens (including phenoxy) is 2. The van der Waals surface area contributed by atoms with E-state index in [1.54, 1.807) is 42.7 Å². The predicted molar refractivity (Wildman–Crippen MR) is 115 cm³/mol. The van der Waals surface area contributed by atoms with Crippen LogP contribution >= 0.6 is 0 Å². The average molecular weight is 416 g/mol. The van der Waals surface area contributed by atoms with Crippen molar-refractivity contribution in [2.75, 3.05) is 13.7 Å². The molecule has 0 aliphatic carbocycles. The van der Waals surface area contributed by atoms with E-state index in [-0.39, 0.29) is 6.61 Å². The highest BCUT2D eigenvalue weighted by atomic mass is 16.5. The number of benzene rings is 3. The minimum atomic E-state index is -0.499. The van der Waals surface area contributed by atoms with Gasteiger partial charge < -0.3 is 9.47 Å². The molecule has 0 fully saturated rings. The molecule has 0 aliphatic rings. The average Bonchev–Trinajstić information content (AvgIpc) is 3.25. The number of hydrazine groups is 1. The second-order valence-corrected chi connectivity index (χ2v) is 6.59. The Morgan fingerprint density at radius 1 is 0.903 bits per heavy atom. The molecule has 31 heavy (non-hydrogen) atoms. The van der Waals surface area contributed by atoms with Crippen molar-refractivity contribution >= 4 is 22.8 Å². The Morgan fingerprint density at radius 2 is 1.61 bits per heavy atom. The van der Waals surface area contributed by atoms with Gasteiger partial charge in [0.15, 0.2) is 18.1 Å². The number of aromatic nitrogens is 2. The van der Waals surface area contributed by atoms with E-state index in [9.17, 15) is 9.59 Å². The molecule has 0 saturated carbocycles. The van der Waals surface area contributed by atoms with Crippen molar-refractivity contribution < 1.29 is 19.1 Å². The van der Waals surface area contributed by atoms with E-state index in [1.165, 1.54) is 7.11 Å². The van der Waals surface area contributed by atoms with Gasteiger partial charge in [-0.1, -0.05) is 24.3 Å². The second kappa shape index (κ2) is 9.00. The SMILES string of the molecule is COc1ccccc1OCC(=O)NNC(=O)c1ccc(-n2cnc3ccccc32)cc1. The topological polar surface area (TPSA) is 94.5 Å². The first-order valence-corrected chi connectivity index (χ1v) is 9.53. The summed E-state index contributed by atoms with van der Waals surface area (Å²) in [6.07, 6.45) is 1.74. The van der Waals surface area contributed by atoms with Crippen LogP contribution in [0, 0.1) is 0 Å². The van der Waals surface area contributed by atoms with E-state index in [0.29, 0.717) is 17.1 Å². The Bertz CT molecular complexity index is 1220. The van der Waals surface area contributed by atoms with Crippen molar-refractivity contribution in [2.24, 2.45) is 0 Å². The summed E-state index contributed by atoms with van der Waals surface area (Å²) < 4.78 is 12.5. The fourth-order valence-electron chi connectivity index (χ4n) is 3.05. The summed E-state index contributed by atoms with van der Waals surface area (Å²) in [5.74, 6) is 0.0210. The molecule has 8 nitrogen and oxygen atoms in total. The maximum Gasteiger partial charge on any atom is 0.276 e. The van der Waals surface area contributed by atoms with Gasteiger partial charge in [-0.05, 0) is 48.5 Å². The molecule has 3 aromatic carbocycles. The highest BCUT2D eigenvalue weighted by Crippen LogP contribution is 2.25. The summed E-state index contributed by atoms with van der Waals surface area (Å²) in [6.45, 7) is -0.271. The molecule has 8 heteroatoms. The number of amides is 2. The van der Waals surface area contributed by atoms with Gasteiger partial charge in [-0.2, -0.15) is 0 Å². The fraction of sp³-hybridized carbons (Fsp3) is 0.0870. The van der Waals surface area contributed by atoms with Crippen molar-refractivity contribution in [3.8, 4) is 17.2 Å². The number of imidazole rings is 1. The molecule has 0 aliphatic heterocycles. The van der Waals surface area contributed by atoms with Crippen LogP contribution in [0.25, 0.3) is 16.7 Å². The number of hydrogen-bond acceptors (Lipinski definition) is 5. The number of carbonyl (C=O) groups excluding carboxylic acids is 2. The zero-order valence-electron chi connectivity index (χ0n) is 16.7. The Hall–Kier alpha value is -4.33. The highest BCUT2D eigenvalue weighted by molar-refractivity contribution is 5.95. The smallest absolute Gasteiger partial charge is 0.276 e. The lowest BCUT2D eigenvalue weighted by Crippen LogP contribution is -2.43. The summed E-state index contributed by atoms with van der Waals surface area (Å²) in [6, 6.07) is 21.8. The zero-order chi connectivity index (χ0) is 21.6. The van der Waals surface area contributed by atoms with Crippen molar-refractivity contribution in [3.63, 3.8) is 0 Å². The van der Waals surface area contributed by atoms with Gasteiger partial charge in [0, 0.05) is 11.3 Å². The maximum atomic E-state index is 12.3. The summed E-state index contributed by atoms with van der Waals surface area (Å²) in [4.78, 5) is 28.7. The van der Waals surface area contributed by atoms with Crippen LogP contribution in [-0.4, -0.2) is 35.1 Å². The molecular formula is C23H20N4O4. The first-order valence-electron chi connectivity index (χ1n) is 9.53. The molecule has 4 aromatic rings. The van der Waals surface area contributed by atoms with Crippen LogP contribution in [0.1, 0.15) is 10.4 Å². The lowest BCUT2D eigenvalue weighted by molar-refractivity contribution is -0.123. The second-order valence-electron chi connectivity index (χ2n) is 6.59. The van der Waals surface area contributed by atoms with Crippen LogP contribution in [-0.2, 0) is 4.79 Å². The third kappa shape index (κ3) is 4.48. The van der Waals surface area contributed by atoms with Crippen LogP contribution in [0.2, 0.25) is 0 Å². The molecule has 2 amide bonds. The first kappa shape index (κ1) is 20.0. The minimum Gasteiger partial charge on any atom is -0.493 e. The maximum absolute atomic E-state index is 12.3. The number of fused-ring (bicyclic) bond motifs is 1. The molecule has 0 saturated heterocycles. The van der Waals surface area contributed by atoms with E-state index in [1.807, 2.05) is 41.0 Å². The van der Waals surface area contributed by atoms with Gasteiger partial charge in [-0.3, -0.25) is 25.0 Å². The van der Waals surface area contributed by atoms with E-state index in [2.05, 4.69) is 15.8 Å². The van der Waals surface area contributed by atoms with Gasteiger partial charge in [-0.25, -0.2) is 4.98 Å². The fourth-order valence-corrected chi connectivity index (χ4v) is 3.05. The molecule has 0 bridgehead atoms.